The number of rotatable bonds is 10. The van der Waals surface area contributed by atoms with Crippen LogP contribution in [0.15, 0.2) is 110 Å². The van der Waals surface area contributed by atoms with Gasteiger partial charge in [-0.05, 0) is 60.4 Å². The molecule has 6 nitrogen and oxygen atoms in total. The van der Waals surface area contributed by atoms with Crippen molar-refractivity contribution >= 4 is 11.9 Å². The van der Waals surface area contributed by atoms with E-state index in [9.17, 15) is 18.4 Å². The smallest absolute Gasteiger partial charge is 0.338 e. The van der Waals surface area contributed by atoms with Crippen molar-refractivity contribution in [1.29, 1.82) is 0 Å². The number of halogens is 2. The summed E-state index contributed by atoms with van der Waals surface area (Å²) in [4.78, 5) is 22.6. The minimum Gasteiger partial charge on any atom is -0.459 e. The second kappa shape index (κ2) is 12.8. The van der Waals surface area contributed by atoms with Crippen molar-refractivity contribution in [2.75, 3.05) is 0 Å². The number of ether oxygens (including phenoxy) is 4. The first-order valence-corrected chi connectivity index (χ1v) is 11.2. The van der Waals surface area contributed by atoms with Crippen molar-refractivity contribution in [3.05, 3.63) is 122 Å². The SMILES string of the molecule is C=C(C)C(=O)O/C=C\Oc1ccc(-c2ccc(-c3ccc(O/C=C\OC(=O)C(=C)C)c(F)c3)cc2)cc1F. The summed E-state index contributed by atoms with van der Waals surface area (Å²) in [7, 11) is 0. The second-order valence-electron chi connectivity index (χ2n) is 8.02. The average Bonchev–Trinajstić information content (AvgIpc) is 2.90. The van der Waals surface area contributed by atoms with Gasteiger partial charge in [0, 0.05) is 11.1 Å². The van der Waals surface area contributed by atoms with Crippen molar-refractivity contribution in [1.82, 2.24) is 0 Å². The number of hydrogen-bond acceptors (Lipinski definition) is 6. The molecule has 0 saturated carbocycles. The summed E-state index contributed by atoms with van der Waals surface area (Å²) in [6.07, 6.45) is 4.11. The lowest BCUT2D eigenvalue weighted by molar-refractivity contribution is -0.134. The maximum absolute atomic E-state index is 14.5. The molecule has 0 radical (unpaired) electrons. The number of hydrogen-bond donors (Lipinski definition) is 0. The summed E-state index contributed by atoms with van der Waals surface area (Å²) >= 11 is 0. The van der Waals surface area contributed by atoms with Crippen molar-refractivity contribution in [2.45, 2.75) is 13.8 Å². The van der Waals surface area contributed by atoms with E-state index in [0.29, 0.717) is 11.1 Å². The highest BCUT2D eigenvalue weighted by Crippen LogP contribution is 2.30. The molecule has 0 spiro atoms. The van der Waals surface area contributed by atoms with E-state index in [1.165, 1.54) is 38.1 Å². The molecule has 3 aromatic rings. The Labute approximate surface area is 218 Å². The third-order valence-corrected chi connectivity index (χ3v) is 4.96. The zero-order chi connectivity index (χ0) is 27.7. The Kier molecular flexibility index (Phi) is 9.31. The van der Waals surface area contributed by atoms with E-state index >= 15 is 0 Å². The van der Waals surface area contributed by atoms with E-state index in [1.54, 1.807) is 36.4 Å². The molecule has 8 heteroatoms. The maximum Gasteiger partial charge on any atom is 0.338 e. The molecule has 0 N–H and O–H groups in total. The zero-order valence-corrected chi connectivity index (χ0v) is 20.7. The standard InChI is InChI=1S/C30H24F2O6/c1-19(2)29(33)37-15-13-35-27-11-9-23(17-25(27)31)21-5-7-22(8-6-21)24-10-12-28(26(32)18-24)36-14-16-38-30(34)20(3)4/h5-18H,1,3H2,2,4H3/b15-13-,16-14-. The summed E-state index contributed by atoms with van der Waals surface area (Å²) < 4.78 is 48.8. The van der Waals surface area contributed by atoms with Crippen molar-refractivity contribution < 1.29 is 37.3 Å². The van der Waals surface area contributed by atoms with Crippen molar-refractivity contribution in [3.8, 4) is 33.8 Å². The first kappa shape index (κ1) is 27.6. The zero-order valence-electron chi connectivity index (χ0n) is 20.7. The van der Waals surface area contributed by atoms with E-state index in [1.807, 2.05) is 0 Å². The van der Waals surface area contributed by atoms with Gasteiger partial charge in [0.1, 0.15) is 25.0 Å². The summed E-state index contributed by atoms with van der Waals surface area (Å²) in [5.74, 6) is -2.55. The Hall–Kier alpha value is -4.98. The number of benzene rings is 3. The van der Waals surface area contributed by atoms with Crippen LogP contribution in [0.4, 0.5) is 8.78 Å². The highest BCUT2D eigenvalue weighted by atomic mass is 19.1. The Morgan fingerprint density at radius 1 is 0.605 bits per heavy atom. The fourth-order valence-electron chi connectivity index (χ4n) is 2.99. The second-order valence-corrected chi connectivity index (χ2v) is 8.02. The first-order valence-electron chi connectivity index (χ1n) is 11.2. The molecule has 3 rings (SSSR count). The Morgan fingerprint density at radius 3 is 1.26 bits per heavy atom. The van der Waals surface area contributed by atoms with Crippen LogP contribution in [-0.4, -0.2) is 11.9 Å². The molecule has 194 valence electrons. The molecule has 0 aromatic heterocycles. The topological polar surface area (TPSA) is 71.1 Å². The van der Waals surface area contributed by atoms with Gasteiger partial charge in [0.25, 0.3) is 0 Å². The normalized spacial score (nSPS) is 10.8. The van der Waals surface area contributed by atoms with E-state index in [-0.39, 0.29) is 22.6 Å². The fourth-order valence-corrected chi connectivity index (χ4v) is 2.99. The van der Waals surface area contributed by atoms with Gasteiger partial charge in [-0.3, -0.25) is 0 Å². The van der Waals surface area contributed by atoms with Crippen LogP contribution in [-0.2, 0) is 19.1 Å². The van der Waals surface area contributed by atoms with Gasteiger partial charge >= 0.3 is 11.9 Å². The summed E-state index contributed by atoms with van der Waals surface area (Å²) in [5.41, 5.74) is 3.13. The van der Waals surface area contributed by atoms with Crippen molar-refractivity contribution in [2.24, 2.45) is 0 Å². The van der Waals surface area contributed by atoms with Gasteiger partial charge in [0.2, 0.25) is 0 Å². The number of carbonyl (C=O) groups is 2. The van der Waals surface area contributed by atoms with Crippen LogP contribution in [0.3, 0.4) is 0 Å². The quantitative estimate of drug-likeness (QED) is 0.160. The van der Waals surface area contributed by atoms with E-state index in [2.05, 4.69) is 13.2 Å². The Bertz CT molecular complexity index is 1310. The monoisotopic (exact) mass is 518 g/mol. The average molecular weight is 519 g/mol. The van der Waals surface area contributed by atoms with Crippen LogP contribution < -0.4 is 9.47 Å². The lowest BCUT2D eigenvalue weighted by Crippen LogP contribution is -1.99. The summed E-state index contributed by atoms with van der Waals surface area (Å²) in [6.45, 7) is 9.90. The van der Waals surface area contributed by atoms with Gasteiger partial charge in [-0.1, -0.05) is 49.6 Å². The predicted molar refractivity (Wildman–Crippen MR) is 139 cm³/mol. The van der Waals surface area contributed by atoms with Gasteiger partial charge < -0.3 is 18.9 Å². The molecular formula is C30H24F2O6. The Balaban J connectivity index is 1.64. The van der Waals surface area contributed by atoms with Crippen molar-refractivity contribution in [3.63, 3.8) is 0 Å². The van der Waals surface area contributed by atoms with Crippen LogP contribution in [0, 0.1) is 11.6 Å². The molecule has 0 heterocycles. The summed E-state index contributed by atoms with van der Waals surface area (Å²) in [6, 6.07) is 16.0. The molecule has 0 unspecified atom stereocenters. The van der Waals surface area contributed by atoms with Gasteiger partial charge in [0.15, 0.2) is 23.1 Å². The van der Waals surface area contributed by atoms with E-state index in [4.69, 9.17) is 18.9 Å². The summed E-state index contributed by atoms with van der Waals surface area (Å²) in [5, 5.41) is 0. The van der Waals surface area contributed by atoms with Gasteiger partial charge in [0.05, 0.1) is 0 Å². The number of carbonyl (C=O) groups excluding carboxylic acids is 2. The minimum atomic E-state index is -0.618. The van der Waals surface area contributed by atoms with Crippen LogP contribution in [0.5, 0.6) is 11.5 Å². The van der Waals surface area contributed by atoms with Crippen LogP contribution in [0.1, 0.15) is 13.8 Å². The molecular weight excluding hydrogens is 494 g/mol. The van der Waals surface area contributed by atoms with Gasteiger partial charge in [-0.2, -0.15) is 0 Å². The molecule has 0 atom stereocenters. The van der Waals surface area contributed by atoms with Crippen LogP contribution in [0.2, 0.25) is 0 Å². The molecule has 0 fully saturated rings. The van der Waals surface area contributed by atoms with E-state index < -0.39 is 23.6 Å². The third kappa shape index (κ3) is 7.51. The molecule has 0 aliphatic heterocycles. The lowest BCUT2D eigenvalue weighted by atomic mass is 10.00. The Morgan fingerprint density at radius 2 is 0.947 bits per heavy atom. The molecule has 0 aliphatic rings. The van der Waals surface area contributed by atoms with E-state index in [0.717, 1.165) is 36.2 Å². The van der Waals surface area contributed by atoms with Gasteiger partial charge in [-0.25, -0.2) is 18.4 Å². The molecule has 0 bridgehead atoms. The molecule has 0 aliphatic carbocycles. The lowest BCUT2D eigenvalue weighted by Gasteiger charge is -2.08. The fraction of sp³-hybridized carbons (Fsp3) is 0.0667. The minimum absolute atomic E-state index is 0.0467. The molecule has 38 heavy (non-hydrogen) atoms. The van der Waals surface area contributed by atoms with Gasteiger partial charge in [-0.15, -0.1) is 0 Å². The highest BCUT2D eigenvalue weighted by molar-refractivity contribution is 5.87. The molecule has 3 aromatic carbocycles. The maximum atomic E-state index is 14.5. The van der Waals surface area contributed by atoms with Crippen LogP contribution >= 0.6 is 0 Å². The molecule has 0 amide bonds. The highest BCUT2D eigenvalue weighted by Gasteiger charge is 2.09. The molecule has 0 saturated heterocycles. The largest absolute Gasteiger partial charge is 0.459 e. The number of esters is 2. The third-order valence-electron chi connectivity index (χ3n) is 4.96. The van der Waals surface area contributed by atoms with Crippen LogP contribution in [0.25, 0.3) is 22.3 Å². The first-order chi connectivity index (χ1) is 18.2. The predicted octanol–water partition coefficient (Wildman–Crippen LogP) is 7.24.